The Morgan fingerprint density at radius 2 is 1.74 bits per heavy atom. The smallest absolute Gasteiger partial charge is 0.269 e. The van der Waals surface area contributed by atoms with E-state index in [1.807, 2.05) is 44.2 Å². The Bertz CT molecular complexity index is 905. The number of nitrogens with zero attached hydrogens (tertiary/aromatic N) is 2. The molecular formula is C20H19N3O4. The minimum Gasteiger partial charge on any atom is -0.322 e. The van der Waals surface area contributed by atoms with Crippen LogP contribution in [0.1, 0.15) is 29.8 Å². The number of benzene rings is 2. The van der Waals surface area contributed by atoms with Gasteiger partial charge in [-0.25, -0.2) is 0 Å². The molecule has 2 amide bonds. The molecule has 1 aliphatic rings. The van der Waals surface area contributed by atoms with Gasteiger partial charge in [0.25, 0.3) is 11.6 Å². The highest BCUT2D eigenvalue weighted by molar-refractivity contribution is 6.02. The number of amides is 2. The predicted octanol–water partition coefficient (Wildman–Crippen LogP) is 3.19. The van der Waals surface area contributed by atoms with Gasteiger partial charge < -0.3 is 10.2 Å². The van der Waals surface area contributed by atoms with Crippen molar-refractivity contribution >= 4 is 23.2 Å². The second-order valence-corrected chi connectivity index (χ2v) is 6.60. The van der Waals surface area contributed by atoms with Gasteiger partial charge in [-0.2, -0.15) is 0 Å². The van der Waals surface area contributed by atoms with E-state index in [1.165, 1.54) is 29.2 Å². The molecule has 0 spiro atoms. The Kier molecular flexibility index (Phi) is 5.03. The summed E-state index contributed by atoms with van der Waals surface area (Å²) in [5, 5.41) is 13.7. The van der Waals surface area contributed by atoms with Crippen molar-refractivity contribution in [1.29, 1.82) is 0 Å². The van der Waals surface area contributed by atoms with E-state index in [0.29, 0.717) is 5.70 Å². The molecule has 7 nitrogen and oxygen atoms in total. The normalized spacial score (nSPS) is 16.7. The van der Waals surface area contributed by atoms with Crippen LogP contribution in [0.15, 0.2) is 60.8 Å². The molecule has 0 fully saturated rings. The maximum absolute atomic E-state index is 13.0. The van der Waals surface area contributed by atoms with Crippen molar-refractivity contribution in [3.8, 4) is 0 Å². The van der Waals surface area contributed by atoms with Gasteiger partial charge in [-0.15, -0.1) is 0 Å². The van der Waals surface area contributed by atoms with Crippen LogP contribution in [0.4, 0.5) is 5.69 Å². The van der Waals surface area contributed by atoms with Crippen molar-refractivity contribution in [2.45, 2.75) is 19.9 Å². The fourth-order valence-corrected chi connectivity index (χ4v) is 3.03. The Balaban J connectivity index is 2.00. The molecule has 2 aromatic carbocycles. The molecule has 1 heterocycles. The number of carbonyl (C=O) groups is 2. The Labute approximate surface area is 156 Å². The third-order valence-corrected chi connectivity index (χ3v) is 4.37. The van der Waals surface area contributed by atoms with Crippen molar-refractivity contribution in [2.75, 3.05) is 0 Å². The number of hydrogen-bond donors (Lipinski definition) is 1. The molecule has 1 N–H and O–H groups in total. The van der Waals surface area contributed by atoms with Gasteiger partial charge in [0.1, 0.15) is 6.04 Å². The highest BCUT2D eigenvalue weighted by Crippen LogP contribution is 2.25. The maximum atomic E-state index is 13.0. The number of non-ortho nitro benzene ring substituents is 1. The largest absolute Gasteiger partial charge is 0.322 e. The number of nitro groups is 1. The Morgan fingerprint density at radius 1 is 1.11 bits per heavy atom. The van der Waals surface area contributed by atoms with Crippen LogP contribution in [0.3, 0.4) is 0 Å². The van der Waals surface area contributed by atoms with Gasteiger partial charge in [0.05, 0.1) is 10.6 Å². The molecule has 2 aromatic rings. The molecule has 3 rings (SSSR count). The molecule has 1 unspecified atom stereocenters. The average molecular weight is 365 g/mol. The molecule has 0 bridgehead atoms. The Hall–Kier alpha value is -3.48. The molecule has 0 saturated carbocycles. The molecule has 7 heteroatoms. The molecule has 0 aromatic heterocycles. The first-order valence-corrected chi connectivity index (χ1v) is 8.53. The number of rotatable bonds is 4. The molecule has 138 valence electrons. The van der Waals surface area contributed by atoms with Crippen molar-refractivity contribution < 1.29 is 14.5 Å². The van der Waals surface area contributed by atoms with Crippen molar-refractivity contribution in [1.82, 2.24) is 10.2 Å². The molecule has 27 heavy (non-hydrogen) atoms. The number of nitrogens with one attached hydrogen (secondary N) is 1. The van der Waals surface area contributed by atoms with Crippen LogP contribution in [-0.2, 0) is 4.79 Å². The highest BCUT2D eigenvalue weighted by atomic mass is 16.6. The first kappa shape index (κ1) is 18.3. The predicted molar refractivity (Wildman–Crippen MR) is 100 cm³/mol. The summed E-state index contributed by atoms with van der Waals surface area (Å²) in [4.78, 5) is 37.4. The van der Waals surface area contributed by atoms with Crippen LogP contribution in [-0.4, -0.2) is 27.7 Å². The summed E-state index contributed by atoms with van der Waals surface area (Å²) in [6, 6.07) is 13.9. The van der Waals surface area contributed by atoms with E-state index in [-0.39, 0.29) is 29.0 Å². The summed E-state index contributed by atoms with van der Waals surface area (Å²) in [7, 11) is 0. The summed E-state index contributed by atoms with van der Waals surface area (Å²) < 4.78 is 0. The van der Waals surface area contributed by atoms with Gasteiger partial charge in [-0.05, 0) is 23.6 Å². The molecular weight excluding hydrogens is 346 g/mol. The van der Waals surface area contributed by atoms with E-state index in [0.717, 1.165) is 5.56 Å². The van der Waals surface area contributed by atoms with Crippen LogP contribution >= 0.6 is 0 Å². The number of hydrogen-bond acceptors (Lipinski definition) is 4. The second-order valence-electron chi connectivity index (χ2n) is 6.60. The van der Waals surface area contributed by atoms with Gasteiger partial charge in [-0.1, -0.05) is 44.2 Å². The summed E-state index contributed by atoms with van der Waals surface area (Å²) in [6.45, 7) is 3.73. The zero-order valence-electron chi connectivity index (χ0n) is 15.0. The third-order valence-electron chi connectivity index (χ3n) is 4.37. The van der Waals surface area contributed by atoms with Gasteiger partial charge in [0.2, 0.25) is 5.91 Å². The molecule has 1 atom stereocenters. The fraction of sp³-hybridized carbons (Fsp3) is 0.200. The molecule has 0 radical (unpaired) electrons. The first-order valence-electron chi connectivity index (χ1n) is 8.53. The van der Waals surface area contributed by atoms with Crippen LogP contribution in [0, 0.1) is 16.0 Å². The fourth-order valence-electron chi connectivity index (χ4n) is 3.03. The van der Waals surface area contributed by atoms with E-state index in [2.05, 4.69) is 5.32 Å². The monoisotopic (exact) mass is 365 g/mol. The van der Waals surface area contributed by atoms with E-state index in [9.17, 15) is 19.7 Å². The van der Waals surface area contributed by atoms with E-state index < -0.39 is 11.0 Å². The molecule has 0 aliphatic carbocycles. The topological polar surface area (TPSA) is 92.6 Å². The highest BCUT2D eigenvalue weighted by Gasteiger charge is 2.36. The molecule has 0 saturated heterocycles. The lowest BCUT2D eigenvalue weighted by Gasteiger charge is -2.35. The average Bonchev–Trinajstić information content (AvgIpc) is 2.67. The van der Waals surface area contributed by atoms with E-state index >= 15 is 0 Å². The standard InChI is InChI=1S/C20H19N3O4/c1-13(2)18-19(24)21-17(14-6-4-3-5-7-14)12-22(18)20(25)15-8-10-16(11-9-15)23(26)27/h3-13,18H,1-2H3,(H,21,24). The minimum atomic E-state index is -0.667. The minimum absolute atomic E-state index is 0.0936. The van der Waals surface area contributed by atoms with Crippen LogP contribution in [0.2, 0.25) is 0 Å². The second kappa shape index (κ2) is 7.41. The zero-order valence-corrected chi connectivity index (χ0v) is 15.0. The summed E-state index contributed by atoms with van der Waals surface area (Å²) in [5.41, 5.74) is 1.51. The quantitative estimate of drug-likeness (QED) is 0.665. The van der Waals surface area contributed by atoms with Gasteiger partial charge in [0, 0.05) is 23.9 Å². The Morgan fingerprint density at radius 3 is 2.30 bits per heavy atom. The van der Waals surface area contributed by atoms with Crippen molar-refractivity contribution in [3.05, 3.63) is 82.0 Å². The van der Waals surface area contributed by atoms with Gasteiger partial charge >= 0.3 is 0 Å². The maximum Gasteiger partial charge on any atom is 0.269 e. The van der Waals surface area contributed by atoms with E-state index in [4.69, 9.17) is 0 Å². The summed E-state index contributed by atoms with van der Waals surface area (Å²) >= 11 is 0. The summed E-state index contributed by atoms with van der Waals surface area (Å²) in [6.07, 6.45) is 1.63. The van der Waals surface area contributed by atoms with Crippen LogP contribution in [0.5, 0.6) is 0 Å². The van der Waals surface area contributed by atoms with Crippen molar-refractivity contribution in [3.63, 3.8) is 0 Å². The first-order chi connectivity index (χ1) is 12.9. The number of carbonyl (C=O) groups excluding carboxylic acids is 2. The summed E-state index contributed by atoms with van der Waals surface area (Å²) in [5.74, 6) is -0.755. The van der Waals surface area contributed by atoms with Gasteiger partial charge in [-0.3, -0.25) is 19.7 Å². The number of nitro benzene ring substituents is 1. The zero-order chi connectivity index (χ0) is 19.6. The van der Waals surface area contributed by atoms with Crippen LogP contribution in [0.25, 0.3) is 5.70 Å². The van der Waals surface area contributed by atoms with Crippen LogP contribution < -0.4 is 5.32 Å². The van der Waals surface area contributed by atoms with Gasteiger partial charge in [0.15, 0.2) is 0 Å². The lowest BCUT2D eigenvalue weighted by molar-refractivity contribution is -0.384. The van der Waals surface area contributed by atoms with E-state index in [1.54, 1.807) is 6.20 Å². The third kappa shape index (κ3) is 3.72. The SMILES string of the molecule is CC(C)C1C(=O)NC(c2ccccc2)=CN1C(=O)c1ccc([N+](=O)[O-])cc1. The lowest BCUT2D eigenvalue weighted by Crippen LogP contribution is -2.53. The lowest BCUT2D eigenvalue weighted by atomic mass is 9.97. The molecule has 1 aliphatic heterocycles. The van der Waals surface area contributed by atoms with Crippen molar-refractivity contribution in [2.24, 2.45) is 5.92 Å².